The number of ether oxygens (including phenoxy) is 1. The normalized spacial score (nSPS) is 16.6. The van der Waals surface area contributed by atoms with Gasteiger partial charge in [0.15, 0.2) is 0 Å². The number of urea groups is 1. The van der Waals surface area contributed by atoms with Crippen LogP contribution in [0.1, 0.15) is 4.88 Å². The van der Waals surface area contributed by atoms with E-state index in [9.17, 15) is 4.79 Å². The van der Waals surface area contributed by atoms with Gasteiger partial charge in [0, 0.05) is 51.3 Å². The van der Waals surface area contributed by atoms with E-state index in [0.29, 0.717) is 13.2 Å². The predicted octanol–water partition coefficient (Wildman–Crippen LogP) is 1.22. The van der Waals surface area contributed by atoms with Crippen LogP contribution in [-0.2, 0) is 11.3 Å². The molecule has 1 aromatic heterocycles. The molecule has 19 heavy (non-hydrogen) atoms. The highest BCUT2D eigenvalue weighted by Crippen LogP contribution is 2.13. The number of piperazine rings is 1. The summed E-state index contributed by atoms with van der Waals surface area (Å²) in [6.07, 6.45) is 0. The molecule has 1 N–H and O–H groups in total. The molecule has 0 spiro atoms. The van der Waals surface area contributed by atoms with Crippen molar-refractivity contribution in [2.24, 2.45) is 0 Å². The van der Waals surface area contributed by atoms with Crippen molar-refractivity contribution < 1.29 is 9.53 Å². The third kappa shape index (κ3) is 4.49. The Bertz CT molecular complexity index is 375. The molecule has 1 saturated heterocycles. The van der Waals surface area contributed by atoms with Crippen molar-refractivity contribution >= 4 is 17.4 Å². The molecule has 0 radical (unpaired) electrons. The van der Waals surface area contributed by atoms with Crippen molar-refractivity contribution in [2.45, 2.75) is 6.54 Å². The average molecular weight is 283 g/mol. The summed E-state index contributed by atoms with van der Waals surface area (Å²) in [5, 5.41) is 4.97. The van der Waals surface area contributed by atoms with Gasteiger partial charge >= 0.3 is 6.03 Å². The molecule has 1 aliphatic rings. The molecule has 0 saturated carbocycles. The van der Waals surface area contributed by atoms with Crippen LogP contribution in [0.4, 0.5) is 4.79 Å². The number of carbonyl (C=O) groups is 1. The van der Waals surface area contributed by atoms with Gasteiger partial charge in [0.2, 0.25) is 0 Å². The smallest absolute Gasteiger partial charge is 0.317 e. The van der Waals surface area contributed by atoms with Crippen LogP contribution in [0.2, 0.25) is 0 Å². The zero-order valence-corrected chi connectivity index (χ0v) is 12.1. The van der Waals surface area contributed by atoms with E-state index in [1.165, 1.54) is 4.88 Å². The van der Waals surface area contributed by atoms with Gasteiger partial charge in [0.25, 0.3) is 0 Å². The Morgan fingerprint density at radius 2 is 2.21 bits per heavy atom. The van der Waals surface area contributed by atoms with Gasteiger partial charge in [-0.25, -0.2) is 4.79 Å². The molecule has 0 atom stereocenters. The van der Waals surface area contributed by atoms with E-state index in [4.69, 9.17) is 4.74 Å². The number of hydrogen-bond donors (Lipinski definition) is 1. The summed E-state index contributed by atoms with van der Waals surface area (Å²) in [5.41, 5.74) is 0. The van der Waals surface area contributed by atoms with Crippen LogP contribution in [0, 0.1) is 0 Å². The standard InChI is InChI=1S/C13H21N3O2S/c1-18-9-4-14-13(17)16-7-5-15(6-8-16)11-12-3-2-10-19-12/h2-3,10H,4-9,11H2,1H3,(H,14,17). The van der Waals surface area contributed by atoms with Crippen LogP contribution < -0.4 is 5.32 Å². The SMILES string of the molecule is COCCNC(=O)N1CCN(Cc2cccs2)CC1. The minimum Gasteiger partial charge on any atom is -0.383 e. The Morgan fingerprint density at radius 1 is 1.42 bits per heavy atom. The Morgan fingerprint density at radius 3 is 2.84 bits per heavy atom. The summed E-state index contributed by atoms with van der Waals surface area (Å²) in [5.74, 6) is 0. The lowest BCUT2D eigenvalue weighted by atomic mass is 10.3. The van der Waals surface area contributed by atoms with Gasteiger partial charge < -0.3 is 15.0 Å². The molecule has 5 nitrogen and oxygen atoms in total. The first-order valence-electron chi connectivity index (χ1n) is 6.56. The lowest BCUT2D eigenvalue weighted by molar-refractivity contribution is 0.133. The molecule has 1 fully saturated rings. The van der Waals surface area contributed by atoms with Crippen molar-refractivity contribution in [1.29, 1.82) is 0 Å². The minimum absolute atomic E-state index is 0.0211. The fraction of sp³-hybridized carbons (Fsp3) is 0.615. The molecule has 6 heteroatoms. The summed E-state index contributed by atoms with van der Waals surface area (Å²) in [6.45, 7) is 5.60. The van der Waals surface area contributed by atoms with E-state index in [0.717, 1.165) is 32.7 Å². The Labute approximate surface area is 118 Å². The summed E-state index contributed by atoms with van der Waals surface area (Å²) < 4.78 is 4.92. The lowest BCUT2D eigenvalue weighted by Crippen LogP contribution is -2.51. The van der Waals surface area contributed by atoms with Crippen LogP contribution >= 0.6 is 11.3 Å². The van der Waals surface area contributed by atoms with Crippen molar-refractivity contribution in [3.8, 4) is 0 Å². The highest BCUT2D eigenvalue weighted by molar-refractivity contribution is 7.09. The molecule has 1 aliphatic heterocycles. The fourth-order valence-corrected chi connectivity index (χ4v) is 2.85. The van der Waals surface area contributed by atoms with Gasteiger partial charge in [0.1, 0.15) is 0 Å². The summed E-state index contributed by atoms with van der Waals surface area (Å²) >= 11 is 1.79. The van der Waals surface area contributed by atoms with E-state index in [1.807, 2.05) is 4.90 Å². The zero-order chi connectivity index (χ0) is 13.5. The quantitative estimate of drug-likeness (QED) is 0.827. The monoisotopic (exact) mass is 283 g/mol. The van der Waals surface area contributed by atoms with Crippen molar-refractivity contribution in [3.63, 3.8) is 0 Å². The molecule has 2 rings (SSSR count). The van der Waals surface area contributed by atoms with Crippen molar-refractivity contribution in [1.82, 2.24) is 15.1 Å². The van der Waals surface area contributed by atoms with Gasteiger partial charge in [-0.2, -0.15) is 0 Å². The Kier molecular flexibility index (Phi) is 5.62. The van der Waals surface area contributed by atoms with Crippen LogP contribution in [0.5, 0.6) is 0 Å². The number of thiophene rings is 1. The van der Waals surface area contributed by atoms with Gasteiger partial charge in [-0.3, -0.25) is 4.90 Å². The highest BCUT2D eigenvalue weighted by atomic mass is 32.1. The number of nitrogens with one attached hydrogen (secondary N) is 1. The van der Waals surface area contributed by atoms with E-state index >= 15 is 0 Å². The maximum absolute atomic E-state index is 11.8. The molecule has 106 valence electrons. The molecule has 0 unspecified atom stereocenters. The number of amides is 2. The molecular formula is C13H21N3O2S. The largest absolute Gasteiger partial charge is 0.383 e. The first-order chi connectivity index (χ1) is 9.29. The van der Waals surface area contributed by atoms with Gasteiger partial charge in [-0.1, -0.05) is 6.07 Å². The first-order valence-corrected chi connectivity index (χ1v) is 7.44. The Balaban J connectivity index is 1.68. The van der Waals surface area contributed by atoms with Crippen LogP contribution in [0.3, 0.4) is 0 Å². The minimum atomic E-state index is 0.0211. The van der Waals surface area contributed by atoms with Crippen LogP contribution in [0.15, 0.2) is 17.5 Å². The average Bonchev–Trinajstić information content (AvgIpc) is 2.93. The van der Waals surface area contributed by atoms with Gasteiger partial charge in [0.05, 0.1) is 6.61 Å². The maximum atomic E-state index is 11.8. The molecule has 2 heterocycles. The van der Waals surface area contributed by atoms with E-state index in [1.54, 1.807) is 18.4 Å². The number of hydrogen-bond acceptors (Lipinski definition) is 4. The van der Waals surface area contributed by atoms with Crippen molar-refractivity contribution in [2.75, 3.05) is 46.4 Å². The van der Waals surface area contributed by atoms with Crippen LogP contribution in [0.25, 0.3) is 0 Å². The molecule has 0 bridgehead atoms. The molecular weight excluding hydrogens is 262 g/mol. The lowest BCUT2D eigenvalue weighted by Gasteiger charge is -2.34. The number of rotatable bonds is 5. The van der Waals surface area contributed by atoms with Crippen molar-refractivity contribution in [3.05, 3.63) is 22.4 Å². The zero-order valence-electron chi connectivity index (χ0n) is 11.3. The highest BCUT2D eigenvalue weighted by Gasteiger charge is 2.20. The summed E-state index contributed by atoms with van der Waals surface area (Å²) in [4.78, 5) is 17.5. The third-order valence-electron chi connectivity index (χ3n) is 3.20. The molecule has 0 aliphatic carbocycles. The van der Waals surface area contributed by atoms with E-state index in [-0.39, 0.29) is 6.03 Å². The van der Waals surface area contributed by atoms with Crippen LogP contribution in [-0.4, -0.2) is 62.3 Å². The molecule has 0 aromatic carbocycles. The van der Waals surface area contributed by atoms with Gasteiger partial charge in [-0.15, -0.1) is 11.3 Å². The number of methoxy groups -OCH3 is 1. The number of nitrogens with zero attached hydrogens (tertiary/aromatic N) is 2. The third-order valence-corrected chi connectivity index (χ3v) is 4.06. The molecule has 1 aromatic rings. The summed E-state index contributed by atoms with van der Waals surface area (Å²) in [6, 6.07) is 4.27. The second-order valence-corrected chi connectivity index (χ2v) is 5.60. The second kappa shape index (κ2) is 7.47. The topological polar surface area (TPSA) is 44.8 Å². The first kappa shape index (κ1) is 14.3. The maximum Gasteiger partial charge on any atom is 0.317 e. The van der Waals surface area contributed by atoms with Gasteiger partial charge in [-0.05, 0) is 11.4 Å². The molecule has 2 amide bonds. The Hall–Kier alpha value is -1.11. The van der Waals surface area contributed by atoms with E-state index < -0.39 is 0 Å². The number of carbonyl (C=O) groups excluding carboxylic acids is 1. The fourth-order valence-electron chi connectivity index (χ4n) is 2.10. The predicted molar refractivity (Wildman–Crippen MR) is 76.4 cm³/mol. The van der Waals surface area contributed by atoms with E-state index in [2.05, 4.69) is 27.7 Å². The second-order valence-electron chi connectivity index (χ2n) is 4.57. The summed E-state index contributed by atoms with van der Waals surface area (Å²) in [7, 11) is 1.63.